The van der Waals surface area contributed by atoms with Gasteiger partial charge in [0, 0.05) is 21.2 Å². The highest BCUT2D eigenvalue weighted by Gasteiger charge is 2.00. The summed E-state index contributed by atoms with van der Waals surface area (Å²) in [6.07, 6.45) is 0. The molecule has 0 saturated heterocycles. The van der Waals surface area contributed by atoms with Crippen molar-refractivity contribution in [2.24, 2.45) is 5.73 Å². The van der Waals surface area contributed by atoms with Crippen molar-refractivity contribution in [3.05, 3.63) is 28.7 Å². The highest BCUT2D eigenvalue weighted by molar-refractivity contribution is 9.10. The normalized spacial score (nSPS) is 11.9. The number of rotatable bonds is 3. The molecule has 1 aromatic carbocycles. The van der Waals surface area contributed by atoms with Crippen LogP contribution in [0.5, 0.6) is 0 Å². The van der Waals surface area contributed by atoms with Crippen molar-refractivity contribution in [1.29, 1.82) is 0 Å². The summed E-state index contributed by atoms with van der Waals surface area (Å²) in [5.74, 6) is 0. The highest BCUT2D eigenvalue weighted by Crippen LogP contribution is 2.23. The van der Waals surface area contributed by atoms with Crippen molar-refractivity contribution >= 4 is 40.1 Å². The number of hydrogen-bond acceptors (Lipinski definition) is 2. The lowest BCUT2D eigenvalue weighted by Crippen LogP contribution is -2.11. The van der Waals surface area contributed by atoms with Crippen molar-refractivity contribution in [2.75, 3.05) is 6.54 Å². The molecule has 0 aliphatic carbocycles. The minimum Gasteiger partial charge on any atom is -0.329 e. The van der Waals surface area contributed by atoms with Gasteiger partial charge in [0.05, 0.1) is 0 Å². The van der Waals surface area contributed by atoms with Crippen molar-refractivity contribution in [3.63, 3.8) is 0 Å². The second-order valence-electron chi connectivity index (χ2n) is 2.62. The maximum absolute atomic E-state index is 5.52. The Morgan fingerprint density at radius 3 is 2.38 bits per heavy atom. The SMILES string of the molecule is CC(CN)Sc1ccc(Br)cc1.Cl. The van der Waals surface area contributed by atoms with E-state index in [-0.39, 0.29) is 12.4 Å². The van der Waals surface area contributed by atoms with E-state index in [4.69, 9.17) is 5.73 Å². The van der Waals surface area contributed by atoms with Crippen molar-refractivity contribution in [1.82, 2.24) is 0 Å². The van der Waals surface area contributed by atoms with Crippen LogP contribution in [0.1, 0.15) is 6.92 Å². The van der Waals surface area contributed by atoms with Gasteiger partial charge in [-0.3, -0.25) is 0 Å². The lowest BCUT2D eigenvalue weighted by Gasteiger charge is -2.07. The van der Waals surface area contributed by atoms with Gasteiger partial charge in [-0.05, 0) is 24.3 Å². The first-order chi connectivity index (χ1) is 5.72. The zero-order valence-corrected chi connectivity index (χ0v) is 10.6. The topological polar surface area (TPSA) is 26.0 Å². The number of hydrogen-bond donors (Lipinski definition) is 1. The van der Waals surface area contributed by atoms with E-state index in [1.54, 1.807) is 11.8 Å². The number of thioether (sulfide) groups is 1. The quantitative estimate of drug-likeness (QED) is 0.861. The molecule has 0 aliphatic rings. The Balaban J connectivity index is 0.00000144. The molecule has 0 aromatic heterocycles. The predicted octanol–water partition coefficient (Wildman–Crippen LogP) is 3.31. The highest BCUT2D eigenvalue weighted by atomic mass is 79.9. The number of nitrogens with two attached hydrogens (primary N) is 1. The third-order valence-electron chi connectivity index (χ3n) is 1.48. The summed E-state index contributed by atoms with van der Waals surface area (Å²) in [6, 6.07) is 8.29. The van der Waals surface area contributed by atoms with Gasteiger partial charge in [0.25, 0.3) is 0 Å². The molecule has 0 saturated carbocycles. The molecule has 74 valence electrons. The van der Waals surface area contributed by atoms with Gasteiger partial charge in [-0.15, -0.1) is 24.2 Å². The maximum Gasteiger partial charge on any atom is 0.0189 e. The van der Waals surface area contributed by atoms with Crippen LogP contribution >= 0.6 is 40.1 Å². The van der Waals surface area contributed by atoms with Crippen molar-refractivity contribution in [2.45, 2.75) is 17.1 Å². The molecular weight excluding hydrogens is 270 g/mol. The summed E-state index contributed by atoms with van der Waals surface area (Å²) < 4.78 is 1.12. The Bertz CT molecular complexity index is 240. The average Bonchev–Trinajstić information content (AvgIpc) is 2.09. The van der Waals surface area contributed by atoms with E-state index in [1.807, 2.05) is 12.1 Å². The van der Waals surface area contributed by atoms with Crippen LogP contribution in [0.2, 0.25) is 0 Å². The van der Waals surface area contributed by atoms with Crippen LogP contribution in [0.25, 0.3) is 0 Å². The van der Waals surface area contributed by atoms with E-state index in [0.717, 1.165) is 11.0 Å². The zero-order valence-electron chi connectivity index (χ0n) is 7.37. The van der Waals surface area contributed by atoms with Gasteiger partial charge in [-0.1, -0.05) is 22.9 Å². The first-order valence-corrected chi connectivity index (χ1v) is 5.52. The summed E-state index contributed by atoms with van der Waals surface area (Å²) in [6.45, 7) is 2.85. The minimum atomic E-state index is 0. The summed E-state index contributed by atoms with van der Waals surface area (Å²) in [4.78, 5) is 1.27. The molecule has 4 heteroatoms. The van der Waals surface area contributed by atoms with Gasteiger partial charge in [-0.25, -0.2) is 0 Å². The Kier molecular flexibility index (Phi) is 6.86. The minimum absolute atomic E-state index is 0. The molecule has 0 bridgehead atoms. The smallest absolute Gasteiger partial charge is 0.0189 e. The van der Waals surface area contributed by atoms with Crippen LogP contribution in [-0.4, -0.2) is 11.8 Å². The molecule has 2 N–H and O–H groups in total. The van der Waals surface area contributed by atoms with Gasteiger partial charge in [0.15, 0.2) is 0 Å². The fourth-order valence-corrected chi connectivity index (χ4v) is 1.91. The van der Waals surface area contributed by atoms with Crippen LogP contribution in [0.3, 0.4) is 0 Å². The summed E-state index contributed by atoms with van der Waals surface area (Å²) in [5, 5.41) is 0.492. The van der Waals surface area contributed by atoms with Crippen molar-refractivity contribution < 1.29 is 0 Å². The van der Waals surface area contributed by atoms with Gasteiger partial charge < -0.3 is 5.73 Å². The largest absolute Gasteiger partial charge is 0.329 e. The van der Waals surface area contributed by atoms with E-state index >= 15 is 0 Å². The molecule has 13 heavy (non-hydrogen) atoms. The Morgan fingerprint density at radius 1 is 1.38 bits per heavy atom. The van der Waals surface area contributed by atoms with Gasteiger partial charge >= 0.3 is 0 Å². The van der Waals surface area contributed by atoms with Gasteiger partial charge in [0.1, 0.15) is 0 Å². The Labute approximate surface area is 98.0 Å². The molecule has 1 atom stereocenters. The van der Waals surface area contributed by atoms with E-state index in [0.29, 0.717) is 5.25 Å². The molecule has 0 radical (unpaired) electrons. The second kappa shape index (κ2) is 6.71. The second-order valence-corrected chi connectivity index (χ2v) is 5.05. The monoisotopic (exact) mass is 281 g/mol. The molecule has 1 aromatic rings. The summed E-state index contributed by atoms with van der Waals surface area (Å²) in [7, 11) is 0. The van der Waals surface area contributed by atoms with E-state index in [9.17, 15) is 0 Å². The predicted molar refractivity (Wildman–Crippen MR) is 65.8 cm³/mol. The third kappa shape index (κ3) is 4.91. The molecule has 1 nitrogen and oxygen atoms in total. The van der Waals surface area contributed by atoms with Crippen LogP contribution in [0.4, 0.5) is 0 Å². The van der Waals surface area contributed by atoms with Crippen LogP contribution in [0.15, 0.2) is 33.6 Å². The first-order valence-electron chi connectivity index (χ1n) is 3.84. The van der Waals surface area contributed by atoms with Gasteiger partial charge in [-0.2, -0.15) is 0 Å². The number of halogens is 2. The van der Waals surface area contributed by atoms with Gasteiger partial charge in [0.2, 0.25) is 0 Å². The lowest BCUT2D eigenvalue weighted by molar-refractivity contribution is 0.951. The summed E-state index contributed by atoms with van der Waals surface area (Å²) in [5.41, 5.74) is 5.52. The molecule has 1 rings (SSSR count). The molecule has 0 fully saturated rings. The van der Waals surface area contributed by atoms with E-state index in [1.165, 1.54) is 4.90 Å². The Hall–Kier alpha value is 0.300. The first kappa shape index (κ1) is 13.3. The molecule has 1 unspecified atom stereocenters. The fraction of sp³-hybridized carbons (Fsp3) is 0.333. The summed E-state index contributed by atoms with van der Waals surface area (Å²) >= 11 is 5.20. The van der Waals surface area contributed by atoms with E-state index < -0.39 is 0 Å². The zero-order chi connectivity index (χ0) is 8.97. The third-order valence-corrected chi connectivity index (χ3v) is 3.15. The standard InChI is InChI=1S/C9H12BrNS.ClH/c1-7(6-11)12-9-4-2-8(10)3-5-9;/h2-5,7H,6,11H2,1H3;1H. The molecule has 0 heterocycles. The number of benzene rings is 1. The molecule has 0 spiro atoms. The molecule has 0 amide bonds. The fourth-order valence-electron chi connectivity index (χ4n) is 0.794. The van der Waals surface area contributed by atoms with Crippen LogP contribution in [-0.2, 0) is 0 Å². The van der Waals surface area contributed by atoms with Crippen molar-refractivity contribution in [3.8, 4) is 0 Å². The molecular formula is C9H13BrClNS. The van der Waals surface area contributed by atoms with Crippen LogP contribution < -0.4 is 5.73 Å². The van der Waals surface area contributed by atoms with E-state index in [2.05, 4.69) is 35.0 Å². The molecule has 0 aliphatic heterocycles. The lowest BCUT2D eigenvalue weighted by atomic mass is 10.4. The Morgan fingerprint density at radius 2 is 1.92 bits per heavy atom. The average molecular weight is 283 g/mol. The maximum atomic E-state index is 5.52. The van der Waals surface area contributed by atoms with Crippen LogP contribution in [0, 0.1) is 0 Å².